The van der Waals surface area contributed by atoms with Crippen LogP contribution < -0.4 is 5.73 Å². The summed E-state index contributed by atoms with van der Waals surface area (Å²) in [6.45, 7) is 4.35. The lowest BCUT2D eigenvalue weighted by molar-refractivity contribution is -0.133. The quantitative estimate of drug-likeness (QED) is 0.889. The van der Waals surface area contributed by atoms with Crippen molar-refractivity contribution >= 4 is 18.3 Å². The van der Waals surface area contributed by atoms with E-state index in [4.69, 9.17) is 5.73 Å². The van der Waals surface area contributed by atoms with Gasteiger partial charge in [-0.2, -0.15) is 5.10 Å². The molecule has 0 spiro atoms. The van der Waals surface area contributed by atoms with Gasteiger partial charge in [0.1, 0.15) is 0 Å². The second-order valence-electron chi connectivity index (χ2n) is 4.79. The molecule has 1 aromatic heterocycles. The van der Waals surface area contributed by atoms with Gasteiger partial charge in [0.15, 0.2) is 0 Å². The molecule has 0 bridgehead atoms. The highest BCUT2D eigenvalue weighted by atomic mass is 35.5. The number of likely N-dealkylation sites (tertiary alicyclic amines) is 1. The maximum Gasteiger partial charge on any atom is 0.239 e. The maximum atomic E-state index is 11.7. The predicted molar refractivity (Wildman–Crippen MR) is 72.4 cm³/mol. The van der Waals surface area contributed by atoms with Crippen LogP contribution in [-0.4, -0.2) is 39.7 Å². The molecule has 0 aromatic carbocycles. The molecule has 1 amide bonds. The van der Waals surface area contributed by atoms with Crippen molar-refractivity contribution in [3.8, 4) is 0 Å². The van der Waals surface area contributed by atoms with Crippen LogP contribution in [0.1, 0.15) is 19.8 Å². The second kappa shape index (κ2) is 6.75. The number of carbonyl (C=O) groups is 1. The number of hydrogen-bond donors (Lipinski definition) is 1. The fourth-order valence-electron chi connectivity index (χ4n) is 2.30. The highest BCUT2D eigenvalue weighted by Crippen LogP contribution is 2.19. The summed E-state index contributed by atoms with van der Waals surface area (Å²) in [4.78, 5) is 13.6. The first kappa shape index (κ1) is 15.0. The van der Waals surface area contributed by atoms with Crippen LogP contribution in [-0.2, 0) is 11.3 Å². The van der Waals surface area contributed by atoms with Crippen LogP contribution in [0.3, 0.4) is 0 Å². The van der Waals surface area contributed by atoms with Crippen LogP contribution in [0.2, 0.25) is 0 Å². The van der Waals surface area contributed by atoms with E-state index in [1.165, 1.54) is 0 Å². The lowest BCUT2D eigenvalue weighted by atomic mass is 9.96. The number of halogens is 1. The SMILES string of the molecule is CC(N)C(=O)N1CCC(Cn2cccn2)CC1.Cl. The second-order valence-corrected chi connectivity index (χ2v) is 4.79. The molecular weight excluding hydrogens is 252 g/mol. The van der Waals surface area contributed by atoms with Gasteiger partial charge in [-0.1, -0.05) is 0 Å². The number of nitrogens with zero attached hydrogens (tertiary/aromatic N) is 3. The monoisotopic (exact) mass is 272 g/mol. The lowest BCUT2D eigenvalue weighted by Crippen LogP contribution is -2.46. The molecule has 6 heteroatoms. The van der Waals surface area contributed by atoms with Crippen LogP contribution in [0.4, 0.5) is 0 Å². The normalized spacial score (nSPS) is 18.2. The molecule has 0 saturated carbocycles. The van der Waals surface area contributed by atoms with Crippen LogP contribution in [0.25, 0.3) is 0 Å². The predicted octanol–water partition coefficient (Wildman–Crippen LogP) is 0.891. The van der Waals surface area contributed by atoms with E-state index < -0.39 is 0 Å². The van der Waals surface area contributed by atoms with Gasteiger partial charge < -0.3 is 10.6 Å². The fourth-order valence-corrected chi connectivity index (χ4v) is 2.30. The Kier molecular flexibility index (Phi) is 5.62. The molecule has 2 N–H and O–H groups in total. The van der Waals surface area contributed by atoms with Crippen molar-refractivity contribution in [2.45, 2.75) is 32.4 Å². The third-order valence-electron chi connectivity index (χ3n) is 3.32. The standard InChI is InChI=1S/C12H20N4O.ClH/c1-10(13)12(17)15-7-3-11(4-8-15)9-16-6-2-5-14-16;/h2,5-6,10-11H,3-4,7-9,13H2,1H3;1H. The van der Waals surface area contributed by atoms with Crippen molar-refractivity contribution in [1.82, 2.24) is 14.7 Å². The Morgan fingerprint density at radius 2 is 2.17 bits per heavy atom. The minimum absolute atomic E-state index is 0. The minimum Gasteiger partial charge on any atom is -0.341 e. The van der Waals surface area contributed by atoms with E-state index in [2.05, 4.69) is 5.10 Å². The van der Waals surface area contributed by atoms with Crippen LogP contribution >= 0.6 is 12.4 Å². The van der Waals surface area contributed by atoms with Crippen LogP contribution in [0, 0.1) is 5.92 Å². The number of carbonyl (C=O) groups excluding carboxylic acids is 1. The van der Waals surface area contributed by atoms with E-state index in [0.717, 1.165) is 32.5 Å². The smallest absolute Gasteiger partial charge is 0.239 e. The van der Waals surface area contributed by atoms with Crippen molar-refractivity contribution in [3.05, 3.63) is 18.5 Å². The van der Waals surface area contributed by atoms with E-state index in [0.29, 0.717) is 5.92 Å². The van der Waals surface area contributed by atoms with E-state index in [1.54, 1.807) is 13.1 Å². The molecular formula is C12H21ClN4O. The number of hydrogen-bond acceptors (Lipinski definition) is 3. The fraction of sp³-hybridized carbons (Fsp3) is 0.667. The van der Waals surface area contributed by atoms with Gasteiger partial charge in [0, 0.05) is 32.0 Å². The molecule has 0 aliphatic carbocycles. The zero-order chi connectivity index (χ0) is 12.3. The first-order valence-electron chi connectivity index (χ1n) is 6.18. The Labute approximate surface area is 114 Å². The molecule has 2 heterocycles. The Balaban J connectivity index is 0.00000162. The Hall–Kier alpha value is -1.07. The summed E-state index contributed by atoms with van der Waals surface area (Å²) in [7, 11) is 0. The molecule has 5 nitrogen and oxygen atoms in total. The molecule has 102 valence electrons. The first-order chi connectivity index (χ1) is 8.16. The molecule has 1 fully saturated rings. The average molecular weight is 273 g/mol. The van der Waals surface area contributed by atoms with Crippen molar-refractivity contribution in [2.75, 3.05) is 13.1 Å². The zero-order valence-electron chi connectivity index (χ0n) is 10.7. The summed E-state index contributed by atoms with van der Waals surface area (Å²) in [5.41, 5.74) is 5.61. The highest BCUT2D eigenvalue weighted by Gasteiger charge is 2.24. The molecule has 1 atom stereocenters. The van der Waals surface area contributed by atoms with Crippen LogP contribution in [0.5, 0.6) is 0 Å². The molecule has 18 heavy (non-hydrogen) atoms. The van der Waals surface area contributed by atoms with E-state index >= 15 is 0 Å². The molecule has 1 aromatic rings. The molecule has 1 unspecified atom stereocenters. The van der Waals surface area contributed by atoms with E-state index in [1.807, 2.05) is 21.8 Å². The van der Waals surface area contributed by atoms with Gasteiger partial charge in [-0.25, -0.2) is 0 Å². The first-order valence-corrected chi connectivity index (χ1v) is 6.18. The number of amides is 1. The van der Waals surface area contributed by atoms with Crippen molar-refractivity contribution in [2.24, 2.45) is 11.7 Å². The van der Waals surface area contributed by atoms with Crippen molar-refractivity contribution < 1.29 is 4.79 Å². The third kappa shape index (κ3) is 3.71. The van der Waals surface area contributed by atoms with Gasteiger partial charge in [0.05, 0.1) is 6.04 Å². The summed E-state index contributed by atoms with van der Waals surface area (Å²) >= 11 is 0. The van der Waals surface area contributed by atoms with E-state index in [-0.39, 0.29) is 24.4 Å². The lowest BCUT2D eigenvalue weighted by Gasteiger charge is -2.32. The molecule has 1 aliphatic heterocycles. The van der Waals surface area contributed by atoms with Gasteiger partial charge in [-0.05, 0) is 31.7 Å². The van der Waals surface area contributed by atoms with Crippen LogP contribution in [0.15, 0.2) is 18.5 Å². The molecule has 1 aliphatic rings. The highest BCUT2D eigenvalue weighted by molar-refractivity contribution is 5.85. The third-order valence-corrected chi connectivity index (χ3v) is 3.32. The van der Waals surface area contributed by atoms with Gasteiger partial charge >= 0.3 is 0 Å². The van der Waals surface area contributed by atoms with Crippen molar-refractivity contribution in [3.63, 3.8) is 0 Å². The average Bonchev–Trinajstić information content (AvgIpc) is 2.82. The Morgan fingerprint density at radius 1 is 1.50 bits per heavy atom. The van der Waals surface area contributed by atoms with Gasteiger partial charge in [0.25, 0.3) is 0 Å². The zero-order valence-corrected chi connectivity index (χ0v) is 11.5. The van der Waals surface area contributed by atoms with Crippen molar-refractivity contribution in [1.29, 1.82) is 0 Å². The minimum atomic E-state index is -0.377. The summed E-state index contributed by atoms with van der Waals surface area (Å²) in [6, 6.07) is 1.56. The topological polar surface area (TPSA) is 64.2 Å². The summed E-state index contributed by atoms with van der Waals surface area (Å²) in [5.74, 6) is 0.689. The Bertz CT molecular complexity index is 358. The van der Waals surface area contributed by atoms with Gasteiger partial charge in [-0.15, -0.1) is 12.4 Å². The number of piperidine rings is 1. The summed E-state index contributed by atoms with van der Waals surface area (Å²) < 4.78 is 1.97. The summed E-state index contributed by atoms with van der Waals surface area (Å²) in [6.07, 6.45) is 5.87. The maximum absolute atomic E-state index is 11.7. The summed E-state index contributed by atoms with van der Waals surface area (Å²) in [5, 5.41) is 4.21. The van der Waals surface area contributed by atoms with E-state index in [9.17, 15) is 4.79 Å². The number of nitrogens with two attached hydrogens (primary N) is 1. The van der Waals surface area contributed by atoms with Gasteiger partial charge in [0.2, 0.25) is 5.91 Å². The molecule has 0 radical (unpaired) electrons. The molecule has 2 rings (SSSR count). The number of aromatic nitrogens is 2. The number of rotatable bonds is 3. The van der Waals surface area contributed by atoms with Gasteiger partial charge in [-0.3, -0.25) is 9.48 Å². The largest absolute Gasteiger partial charge is 0.341 e. The Morgan fingerprint density at radius 3 is 2.67 bits per heavy atom. The molecule has 1 saturated heterocycles.